The number of nitrogens with one attached hydrogen (secondary N) is 1. The summed E-state index contributed by atoms with van der Waals surface area (Å²) in [4.78, 5) is 17.9. The average Bonchev–Trinajstić information content (AvgIpc) is 2.98. The average molecular weight is 232 g/mol. The minimum atomic E-state index is -0.640. The largest absolute Gasteiger partial charge is 0.460 e. The monoisotopic (exact) mass is 232 g/mol. The number of esters is 1. The smallest absolute Gasteiger partial charge is 0.379 e. The summed E-state index contributed by atoms with van der Waals surface area (Å²) in [6, 6.07) is 3.47. The van der Waals surface area contributed by atoms with Crippen LogP contribution in [0.3, 0.4) is 0 Å². The van der Waals surface area contributed by atoms with Crippen molar-refractivity contribution >= 4 is 5.97 Å². The fraction of sp³-hybridized carbons (Fsp3) is 0.200. The van der Waals surface area contributed by atoms with Crippen molar-refractivity contribution in [2.24, 2.45) is 0 Å². The number of H-pyrrole nitrogens is 1. The lowest BCUT2D eigenvalue weighted by molar-refractivity contribution is 0.0508. The van der Waals surface area contributed by atoms with Crippen molar-refractivity contribution in [2.75, 3.05) is 6.61 Å². The molecule has 7 nitrogen and oxygen atoms in total. The van der Waals surface area contributed by atoms with Crippen LogP contribution < -0.4 is 0 Å². The first-order valence-electron chi connectivity index (χ1n) is 4.84. The molecule has 2 rings (SSSR count). The first-order chi connectivity index (χ1) is 8.24. The van der Waals surface area contributed by atoms with Gasteiger partial charge in [-0.05, 0) is 18.1 Å². The maximum Gasteiger partial charge on any atom is 0.379 e. The molecule has 0 radical (unpaired) electrons. The van der Waals surface area contributed by atoms with Gasteiger partial charge < -0.3 is 14.2 Å². The number of carbonyl (C=O) groups is 1. The quantitative estimate of drug-likeness (QED) is 0.794. The zero-order valence-electron chi connectivity index (χ0n) is 8.93. The zero-order valence-corrected chi connectivity index (χ0v) is 8.93. The molecule has 0 amide bonds. The molecule has 2 aromatic heterocycles. The van der Waals surface area contributed by atoms with Gasteiger partial charge in [-0.1, -0.05) is 0 Å². The maximum atomic E-state index is 11.3. The van der Waals surface area contributed by atoms with Gasteiger partial charge in [-0.3, -0.25) is 0 Å². The Morgan fingerprint density at radius 2 is 2.53 bits per heavy atom. The molecular formula is C10H8N4O3. The van der Waals surface area contributed by atoms with Crippen LogP contribution in [0, 0.1) is 11.3 Å². The van der Waals surface area contributed by atoms with Crippen molar-refractivity contribution in [2.45, 2.75) is 6.92 Å². The van der Waals surface area contributed by atoms with Gasteiger partial charge in [-0.15, -0.1) is 0 Å². The summed E-state index contributed by atoms with van der Waals surface area (Å²) in [6.45, 7) is 1.93. The van der Waals surface area contributed by atoms with E-state index in [9.17, 15) is 4.79 Å². The van der Waals surface area contributed by atoms with Crippen LogP contribution in [0.25, 0.3) is 11.5 Å². The molecule has 0 aliphatic rings. The Bertz CT molecular complexity index is 578. The molecule has 0 aromatic carbocycles. The maximum absolute atomic E-state index is 11.3. The first-order valence-corrected chi connectivity index (χ1v) is 4.84. The van der Waals surface area contributed by atoms with E-state index in [1.54, 1.807) is 19.2 Å². The van der Waals surface area contributed by atoms with Crippen LogP contribution in [0.4, 0.5) is 0 Å². The molecule has 0 spiro atoms. The predicted molar refractivity (Wildman–Crippen MR) is 54.8 cm³/mol. The number of aromatic amines is 1. The van der Waals surface area contributed by atoms with E-state index in [2.05, 4.69) is 15.1 Å². The lowest BCUT2D eigenvalue weighted by Gasteiger charge is -1.93. The number of hydrogen-bond donors (Lipinski definition) is 1. The van der Waals surface area contributed by atoms with Crippen LogP contribution in [0.15, 0.2) is 16.8 Å². The molecule has 0 saturated carbocycles. The van der Waals surface area contributed by atoms with E-state index >= 15 is 0 Å². The Kier molecular flexibility index (Phi) is 2.87. The van der Waals surface area contributed by atoms with Gasteiger partial charge in [0.25, 0.3) is 11.7 Å². The Hall–Kier alpha value is -2.62. The number of carbonyl (C=O) groups excluding carboxylic acids is 1. The highest BCUT2D eigenvalue weighted by Gasteiger charge is 2.17. The minimum absolute atomic E-state index is 0.137. The van der Waals surface area contributed by atoms with Gasteiger partial charge >= 0.3 is 5.97 Å². The standard InChI is InChI=1S/C10H8N4O3/c1-2-16-10(15)8-13-9(17-14-8)6-3-7(4-11)12-5-6/h3,5,12H,2H2,1H3. The van der Waals surface area contributed by atoms with Gasteiger partial charge in [0.2, 0.25) is 0 Å². The summed E-state index contributed by atoms with van der Waals surface area (Å²) in [7, 11) is 0. The van der Waals surface area contributed by atoms with E-state index in [0.717, 1.165) is 0 Å². The second kappa shape index (κ2) is 4.49. The highest BCUT2D eigenvalue weighted by Crippen LogP contribution is 2.17. The summed E-state index contributed by atoms with van der Waals surface area (Å²) in [5, 5.41) is 12.1. The minimum Gasteiger partial charge on any atom is -0.460 e. The summed E-state index contributed by atoms with van der Waals surface area (Å²) >= 11 is 0. The van der Waals surface area contributed by atoms with Crippen LogP contribution in [0.2, 0.25) is 0 Å². The van der Waals surface area contributed by atoms with Gasteiger partial charge in [0.05, 0.1) is 12.2 Å². The molecule has 0 bridgehead atoms. The molecule has 0 fully saturated rings. The van der Waals surface area contributed by atoms with E-state index in [1.807, 2.05) is 6.07 Å². The third kappa shape index (κ3) is 2.15. The van der Waals surface area contributed by atoms with Gasteiger partial charge in [-0.25, -0.2) is 4.79 Å². The molecule has 2 aromatic rings. The van der Waals surface area contributed by atoms with Crippen molar-refractivity contribution < 1.29 is 14.1 Å². The lowest BCUT2D eigenvalue weighted by Crippen LogP contribution is -2.06. The molecule has 2 heterocycles. The van der Waals surface area contributed by atoms with E-state index in [-0.39, 0.29) is 18.3 Å². The van der Waals surface area contributed by atoms with Crippen molar-refractivity contribution in [3.8, 4) is 17.5 Å². The Morgan fingerprint density at radius 1 is 1.71 bits per heavy atom. The molecule has 86 valence electrons. The molecule has 1 N–H and O–H groups in total. The number of ether oxygens (including phenoxy) is 1. The zero-order chi connectivity index (χ0) is 12.3. The summed E-state index contributed by atoms with van der Waals surface area (Å²) < 4.78 is 9.60. The molecular weight excluding hydrogens is 224 g/mol. The molecule has 7 heteroatoms. The predicted octanol–water partition coefficient (Wildman–Crippen LogP) is 1.11. The van der Waals surface area contributed by atoms with Crippen LogP contribution in [-0.4, -0.2) is 27.7 Å². The third-order valence-corrected chi connectivity index (χ3v) is 1.93. The fourth-order valence-corrected chi connectivity index (χ4v) is 1.20. The lowest BCUT2D eigenvalue weighted by atomic mass is 10.3. The SMILES string of the molecule is CCOC(=O)c1noc(-c2c[nH]c(C#N)c2)n1. The molecule has 17 heavy (non-hydrogen) atoms. The summed E-state index contributed by atoms with van der Waals surface area (Å²) in [6.07, 6.45) is 1.54. The van der Waals surface area contributed by atoms with Crippen molar-refractivity contribution in [3.63, 3.8) is 0 Å². The van der Waals surface area contributed by atoms with E-state index in [0.29, 0.717) is 11.3 Å². The van der Waals surface area contributed by atoms with E-state index in [1.165, 1.54) is 0 Å². The van der Waals surface area contributed by atoms with Crippen LogP contribution in [-0.2, 0) is 4.74 Å². The van der Waals surface area contributed by atoms with Crippen LogP contribution in [0.5, 0.6) is 0 Å². The molecule has 0 aliphatic carbocycles. The summed E-state index contributed by atoms with van der Waals surface area (Å²) in [5.41, 5.74) is 0.917. The molecule has 0 aliphatic heterocycles. The number of rotatable bonds is 3. The van der Waals surface area contributed by atoms with Gasteiger partial charge in [0, 0.05) is 6.20 Å². The van der Waals surface area contributed by atoms with E-state index < -0.39 is 5.97 Å². The third-order valence-electron chi connectivity index (χ3n) is 1.93. The fourth-order valence-electron chi connectivity index (χ4n) is 1.20. The topological polar surface area (TPSA) is 105 Å². The van der Waals surface area contributed by atoms with Crippen LogP contribution >= 0.6 is 0 Å². The van der Waals surface area contributed by atoms with Gasteiger partial charge in [-0.2, -0.15) is 10.2 Å². The Morgan fingerprint density at radius 3 is 3.18 bits per heavy atom. The van der Waals surface area contributed by atoms with Crippen LogP contribution in [0.1, 0.15) is 23.2 Å². The number of nitrogens with zero attached hydrogens (tertiary/aromatic N) is 3. The Labute approximate surface area is 96.0 Å². The normalized spacial score (nSPS) is 9.88. The van der Waals surface area contributed by atoms with Crippen molar-refractivity contribution in [1.29, 1.82) is 5.26 Å². The highest BCUT2D eigenvalue weighted by atomic mass is 16.5. The van der Waals surface area contributed by atoms with Crippen molar-refractivity contribution in [1.82, 2.24) is 15.1 Å². The number of nitriles is 1. The van der Waals surface area contributed by atoms with Gasteiger partial charge in [0.15, 0.2) is 0 Å². The Balaban J connectivity index is 2.24. The molecule has 0 atom stereocenters. The first kappa shape index (κ1) is 10.9. The number of hydrogen-bond acceptors (Lipinski definition) is 6. The highest BCUT2D eigenvalue weighted by molar-refractivity contribution is 5.85. The summed E-state index contributed by atoms with van der Waals surface area (Å²) in [5.74, 6) is -0.620. The molecule has 0 saturated heterocycles. The van der Waals surface area contributed by atoms with Gasteiger partial charge in [0.1, 0.15) is 11.8 Å². The second-order valence-electron chi connectivity index (χ2n) is 3.06. The molecule has 0 unspecified atom stereocenters. The number of aromatic nitrogens is 3. The van der Waals surface area contributed by atoms with Crippen molar-refractivity contribution in [3.05, 3.63) is 23.8 Å². The van der Waals surface area contributed by atoms with E-state index in [4.69, 9.17) is 14.5 Å². The second-order valence-corrected chi connectivity index (χ2v) is 3.06.